The zero-order chi connectivity index (χ0) is 18.8. The molecule has 146 valence electrons. The van der Waals surface area contributed by atoms with E-state index >= 15 is 0 Å². The second-order valence-electron chi connectivity index (χ2n) is 5.66. The number of carbonyl (C=O) groups excluding carboxylic acids is 2. The van der Waals surface area contributed by atoms with Crippen molar-refractivity contribution in [2.24, 2.45) is 5.73 Å². The van der Waals surface area contributed by atoms with Crippen molar-refractivity contribution in [3.8, 4) is 0 Å². The minimum Gasteiger partial charge on any atom is -0.346 e. The van der Waals surface area contributed by atoms with Crippen LogP contribution in [0.5, 0.6) is 0 Å². The Morgan fingerprint density at radius 2 is 1.85 bits per heavy atom. The lowest BCUT2D eigenvalue weighted by atomic mass is 10.1. The molecule has 0 spiro atoms. The summed E-state index contributed by atoms with van der Waals surface area (Å²) in [5.41, 5.74) is 3.15. The number of alkyl halides is 5. The van der Waals surface area contributed by atoms with Crippen LogP contribution in [-0.4, -0.2) is 37.4 Å². The highest BCUT2D eigenvalue weighted by Gasteiger charge is 2.34. The fraction of sp³-hybridized carbons (Fsp3) is 0.467. The number of nitrogens with zero attached hydrogens (tertiary/aromatic N) is 1. The van der Waals surface area contributed by atoms with Gasteiger partial charge in [-0.25, -0.2) is 8.78 Å². The summed E-state index contributed by atoms with van der Waals surface area (Å²) in [5, 5.41) is 1.86. The van der Waals surface area contributed by atoms with Crippen LogP contribution in [-0.2, 0) is 11.0 Å². The Labute approximate surface area is 152 Å². The molecule has 1 saturated heterocycles. The second kappa shape index (κ2) is 8.17. The number of carbonyl (C=O) groups is 2. The van der Waals surface area contributed by atoms with Gasteiger partial charge >= 0.3 is 6.18 Å². The van der Waals surface area contributed by atoms with Gasteiger partial charge in [-0.3, -0.25) is 9.59 Å². The van der Waals surface area contributed by atoms with Crippen LogP contribution in [0.4, 0.5) is 27.6 Å². The molecule has 2 amide bonds. The number of hydrogen-bond acceptors (Lipinski definition) is 3. The molecule has 0 bridgehead atoms. The van der Waals surface area contributed by atoms with Gasteiger partial charge in [0.2, 0.25) is 5.91 Å². The second-order valence-corrected chi connectivity index (χ2v) is 5.66. The van der Waals surface area contributed by atoms with E-state index in [1.54, 1.807) is 0 Å². The van der Waals surface area contributed by atoms with Crippen LogP contribution in [0.3, 0.4) is 0 Å². The van der Waals surface area contributed by atoms with Crippen LogP contribution in [0.2, 0.25) is 0 Å². The predicted octanol–water partition coefficient (Wildman–Crippen LogP) is 2.58. The van der Waals surface area contributed by atoms with E-state index in [1.807, 2.05) is 5.32 Å². The molecule has 1 fully saturated rings. The average molecular weight is 402 g/mol. The number of amides is 2. The summed E-state index contributed by atoms with van der Waals surface area (Å²) in [6.07, 6.45) is -4.07. The normalized spacial score (nSPS) is 15.0. The Balaban J connectivity index is 0.00000338. The van der Waals surface area contributed by atoms with Gasteiger partial charge < -0.3 is 16.0 Å². The highest BCUT2D eigenvalue weighted by atomic mass is 35.5. The van der Waals surface area contributed by atoms with Gasteiger partial charge in [0.15, 0.2) is 0 Å². The van der Waals surface area contributed by atoms with Crippen molar-refractivity contribution < 1.29 is 31.5 Å². The number of rotatable bonds is 5. The van der Waals surface area contributed by atoms with Gasteiger partial charge in [0.25, 0.3) is 11.8 Å². The minimum atomic E-state index is -4.75. The summed E-state index contributed by atoms with van der Waals surface area (Å²) in [6, 6.07) is 2.39. The smallest absolute Gasteiger partial charge is 0.346 e. The van der Waals surface area contributed by atoms with Crippen molar-refractivity contribution in [1.29, 1.82) is 0 Å². The van der Waals surface area contributed by atoms with Crippen LogP contribution in [0.1, 0.15) is 28.8 Å². The Bertz CT molecular complexity index is 682. The molecular formula is C15H17ClF5N3O2. The Morgan fingerprint density at radius 1 is 1.19 bits per heavy atom. The molecule has 5 nitrogen and oxygen atoms in total. The van der Waals surface area contributed by atoms with E-state index < -0.39 is 42.2 Å². The van der Waals surface area contributed by atoms with Crippen molar-refractivity contribution in [3.05, 3.63) is 29.3 Å². The first-order chi connectivity index (χ1) is 11.5. The maximum Gasteiger partial charge on any atom is 0.416 e. The third kappa shape index (κ3) is 5.28. The van der Waals surface area contributed by atoms with Crippen molar-refractivity contribution in [2.75, 3.05) is 24.5 Å². The van der Waals surface area contributed by atoms with E-state index in [4.69, 9.17) is 5.73 Å². The van der Waals surface area contributed by atoms with E-state index in [0.717, 1.165) is 17.0 Å². The lowest BCUT2D eigenvalue weighted by molar-refractivity contribution is -0.137. The van der Waals surface area contributed by atoms with Crippen LogP contribution >= 0.6 is 12.4 Å². The first-order valence-corrected chi connectivity index (χ1v) is 7.42. The zero-order valence-corrected chi connectivity index (χ0v) is 14.2. The first-order valence-electron chi connectivity index (χ1n) is 7.42. The molecule has 1 heterocycles. The standard InChI is InChI=1S/C15H16F5N3O2.ClH/c16-14(17,7-21)8-22-13(25)9-4-10(15(18,19)20)6-11(5-9)23-3-1-2-12(23)24;/h4-6H,1-3,7-8,21H2,(H,22,25);1H. The molecule has 0 aromatic heterocycles. The summed E-state index contributed by atoms with van der Waals surface area (Å²) < 4.78 is 65.4. The number of anilines is 1. The lowest BCUT2D eigenvalue weighted by Gasteiger charge is -2.20. The van der Waals surface area contributed by atoms with Gasteiger partial charge in [0.05, 0.1) is 18.7 Å². The summed E-state index contributed by atoms with van der Waals surface area (Å²) in [6.45, 7) is -1.88. The number of nitrogens with one attached hydrogen (secondary N) is 1. The quantitative estimate of drug-likeness (QED) is 0.745. The average Bonchev–Trinajstić information content (AvgIpc) is 2.97. The first kappa shape index (κ1) is 22.1. The van der Waals surface area contributed by atoms with Gasteiger partial charge in [0, 0.05) is 24.2 Å². The van der Waals surface area contributed by atoms with Crippen molar-refractivity contribution in [2.45, 2.75) is 24.9 Å². The maximum atomic E-state index is 13.1. The number of benzene rings is 1. The predicted molar refractivity (Wildman–Crippen MR) is 86.6 cm³/mol. The molecule has 1 aromatic rings. The third-order valence-electron chi connectivity index (χ3n) is 3.70. The highest BCUT2D eigenvalue weighted by molar-refractivity contribution is 5.99. The van der Waals surface area contributed by atoms with E-state index in [2.05, 4.69) is 0 Å². The molecule has 0 aliphatic carbocycles. The van der Waals surface area contributed by atoms with Crippen molar-refractivity contribution in [1.82, 2.24) is 5.32 Å². The summed E-state index contributed by atoms with van der Waals surface area (Å²) in [5.74, 6) is -4.84. The Kier molecular flexibility index (Phi) is 6.95. The molecule has 1 aromatic carbocycles. The maximum absolute atomic E-state index is 13.1. The molecule has 0 atom stereocenters. The monoisotopic (exact) mass is 401 g/mol. The molecular weight excluding hydrogens is 385 g/mol. The fourth-order valence-electron chi connectivity index (χ4n) is 2.37. The number of hydrogen-bond donors (Lipinski definition) is 2. The summed E-state index contributed by atoms with van der Waals surface area (Å²) in [7, 11) is 0. The van der Waals surface area contributed by atoms with Crippen molar-refractivity contribution >= 4 is 29.9 Å². The zero-order valence-electron chi connectivity index (χ0n) is 13.4. The van der Waals surface area contributed by atoms with Crippen LogP contribution in [0, 0.1) is 0 Å². The van der Waals surface area contributed by atoms with Crippen molar-refractivity contribution in [3.63, 3.8) is 0 Å². The van der Waals surface area contributed by atoms with E-state index in [1.165, 1.54) is 0 Å². The molecule has 0 radical (unpaired) electrons. The molecule has 3 N–H and O–H groups in total. The molecule has 11 heteroatoms. The van der Waals surface area contributed by atoms with E-state index in [9.17, 15) is 31.5 Å². The molecule has 26 heavy (non-hydrogen) atoms. The lowest BCUT2D eigenvalue weighted by Crippen LogP contribution is -2.41. The van der Waals surface area contributed by atoms with Gasteiger partial charge in [-0.15, -0.1) is 12.4 Å². The SMILES string of the molecule is Cl.NCC(F)(F)CNC(=O)c1cc(N2CCCC2=O)cc(C(F)(F)F)c1. The third-order valence-corrected chi connectivity index (χ3v) is 3.70. The van der Waals surface area contributed by atoms with Gasteiger partial charge in [0.1, 0.15) is 0 Å². The van der Waals surface area contributed by atoms with Crippen LogP contribution < -0.4 is 16.0 Å². The molecule has 0 unspecified atom stereocenters. The largest absolute Gasteiger partial charge is 0.416 e. The Morgan fingerprint density at radius 3 is 2.35 bits per heavy atom. The molecule has 1 aliphatic heterocycles. The Hall–Kier alpha value is -1.94. The molecule has 2 rings (SSSR count). The minimum absolute atomic E-state index is 0. The van der Waals surface area contributed by atoms with Gasteiger partial charge in [-0.2, -0.15) is 13.2 Å². The topological polar surface area (TPSA) is 75.4 Å². The van der Waals surface area contributed by atoms with Crippen LogP contribution in [0.15, 0.2) is 18.2 Å². The summed E-state index contributed by atoms with van der Waals surface area (Å²) in [4.78, 5) is 24.9. The fourth-order valence-corrected chi connectivity index (χ4v) is 2.37. The highest BCUT2D eigenvalue weighted by Crippen LogP contribution is 2.34. The van der Waals surface area contributed by atoms with E-state index in [-0.39, 0.29) is 37.0 Å². The number of halogens is 6. The molecule has 1 aliphatic rings. The summed E-state index contributed by atoms with van der Waals surface area (Å²) >= 11 is 0. The molecule has 0 saturated carbocycles. The van der Waals surface area contributed by atoms with E-state index in [0.29, 0.717) is 12.5 Å². The van der Waals surface area contributed by atoms with Gasteiger partial charge in [-0.1, -0.05) is 0 Å². The number of nitrogens with two attached hydrogens (primary N) is 1. The van der Waals surface area contributed by atoms with Gasteiger partial charge in [-0.05, 0) is 24.6 Å². The van der Waals surface area contributed by atoms with Crippen LogP contribution in [0.25, 0.3) is 0 Å².